The smallest absolute Gasteiger partial charge is 0.213 e. The van der Waals surface area contributed by atoms with Gasteiger partial charge in [-0.05, 0) is 250 Å². The second kappa shape index (κ2) is 32.6. The Bertz CT molecular complexity index is 7160. The molecule has 0 amide bonds. The maximum atomic E-state index is 13.4. The number of nitrogens with zero attached hydrogens (tertiary/aromatic N) is 8. The fourth-order valence-electron chi connectivity index (χ4n) is 22.7. The van der Waals surface area contributed by atoms with E-state index < -0.39 is 0 Å². The van der Waals surface area contributed by atoms with E-state index in [1.807, 2.05) is 12.1 Å². The zero-order chi connectivity index (χ0) is 89.3. The SMILES string of the molecule is Cc1ccc(-c2cc[n+](C)c(-c3c(C)ccc4c3C3(CCCC3)c3nc(C)ccc3-4)c2)cc1.Cc1ccc2c(n1)C(C)(C)c1c-2ccc(C)c1-c1cc(C)c(-c2ccc(F)cc2)c[n+]1C.Cc1ccc2c(n1)C(C)(C)c1c-2ccc(C)c1-c1cc(C)c(-c2ccccc2)c[n+]1C.Cc1ccc2c(n1)C1(CCCC1)c1c-2ccc(C)c1-c1cc(-c2ccccc2)cc[n+]1C. The van der Waals surface area contributed by atoms with Crippen molar-refractivity contribution in [2.45, 2.75) is 177 Å². The lowest BCUT2D eigenvalue weighted by Crippen LogP contribution is -2.32. The van der Waals surface area contributed by atoms with E-state index in [4.69, 9.17) is 19.9 Å². The lowest BCUT2D eigenvalue weighted by Gasteiger charge is -2.28. The summed E-state index contributed by atoms with van der Waals surface area (Å²) in [7, 11) is 8.61. The van der Waals surface area contributed by atoms with Gasteiger partial charge in [-0.3, -0.25) is 19.9 Å². The maximum absolute atomic E-state index is 13.4. The van der Waals surface area contributed by atoms with Gasteiger partial charge in [0.1, 0.15) is 34.0 Å². The highest BCUT2D eigenvalue weighted by atomic mass is 19.1. The number of hydrogen-bond acceptors (Lipinski definition) is 4. The summed E-state index contributed by atoms with van der Waals surface area (Å²) in [5.74, 6) is -0.214. The van der Waals surface area contributed by atoms with Crippen LogP contribution in [0.4, 0.5) is 4.39 Å². The third kappa shape index (κ3) is 14.3. The highest BCUT2D eigenvalue weighted by Gasteiger charge is 2.52. The summed E-state index contributed by atoms with van der Waals surface area (Å²) in [5, 5.41) is 0. The minimum absolute atomic E-state index is 0.0465. The van der Waals surface area contributed by atoms with Gasteiger partial charge >= 0.3 is 0 Å². The third-order valence-electron chi connectivity index (χ3n) is 29.2. The van der Waals surface area contributed by atoms with Crippen LogP contribution < -0.4 is 18.3 Å². The number of benzene rings is 8. The standard InChI is InChI=1S/C31H31N2.C30H29N2.C29H28FN2.C29H29N2/c1-20-7-11-23(12-8-20)24-15-18-33(4)27(19-24)28-21(2)9-13-25-26-14-10-22(3)32-30(26)31(29(25)28)16-5-6-17-31;1-20-11-13-24-25-14-12-21(2)31-29(25)30(16-7-8-17-30)28(24)27(20)26-19-23(15-18-32(26)3)22-9-5-4-6-10-22;1-17-7-13-22-23-14-8-19(3)31-28(23)29(4,5)27(22)26(17)25-15-18(2)24(16-32(25)6)20-9-11-21(30)12-10-20;1-18-12-14-22-23-15-13-20(3)30-28(23)29(4,5)27(22)26(18)25-16-19(2)24(17-31(25)6)21-10-8-7-9-11-21/h7-15,18-19H,5-6,16-17H2,1-4H3;4-6,9-15,18-19H,7-8,16-17H2,1-3H3;7-16H,1-6H3;7-17H,1-6H3/q4*+1. The molecule has 2 spiro atoms. The molecule has 8 nitrogen and oxygen atoms in total. The Morgan fingerprint density at radius 3 is 0.930 bits per heavy atom. The molecule has 0 saturated heterocycles. The van der Waals surface area contributed by atoms with E-state index in [2.05, 4.69) is 393 Å². The molecule has 2 fully saturated rings. The Kier molecular flexibility index (Phi) is 21.5. The van der Waals surface area contributed by atoms with Gasteiger partial charge < -0.3 is 0 Å². The van der Waals surface area contributed by atoms with Gasteiger partial charge in [0, 0.05) is 114 Å². The molecule has 0 atom stereocenters. The Morgan fingerprint density at radius 2 is 0.555 bits per heavy atom. The molecule has 0 unspecified atom stereocenters. The summed E-state index contributed by atoms with van der Waals surface area (Å²) in [4.78, 5) is 20.2. The van der Waals surface area contributed by atoms with E-state index in [9.17, 15) is 4.39 Å². The van der Waals surface area contributed by atoms with Crippen LogP contribution in [0.25, 0.3) is 134 Å². The second-order valence-electron chi connectivity index (χ2n) is 38.6. The monoisotopic (exact) mass is 1680 g/mol. The highest BCUT2D eigenvalue weighted by molar-refractivity contribution is 5.93. The highest BCUT2D eigenvalue weighted by Crippen LogP contribution is 2.62. The number of halogens is 1. The zero-order valence-electron chi connectivity index (χ0n) is 78.0. The molecule has 16 aromatic rings. The van der Waals surface area contributed by atoms with Crippen molar-refractivity contribution < 1.29 is 22.7 Å². The first-order valence-electron chi connectivity index (χ1n) is 46.0. The van der Waals surface area contributed by atoms with Crippen molar-refractivity contribution in [2.24, 2.45) is 28.2 Å². The molecule has 8 aromatic carbocycles. The first-order chi connectivity index (χ1) is 61.5. The van der Waals surface area contributed by atoms with Crippen molar-refractivity contribution in [3.63, 3.8) is 0 Å². The van der Waals surface area contributed by atoms with Crippen LogP contribution in [-0.4, -0.2) is 19.9 Å². The van der Waals surface area contributed by atoms with E-state index in [0.717, 1.165) is 39.6 Å². The van der Waals surface area contributed by atoms with Crippen molar-refractivity contribution in [1.29, 1.82) is 0 Å². The first kappa shape index (κ1) is 84.4. The predicted octanol–water partition coefficient (Wildman–Crippen LogP) is 26.8. The summed E-state index contributed by atoms with van der Waals surface area (Å²) >= 11 is 0. The molecule has 6 aliphatic carbocycles. The molecule has 636 valence electrons. The Morgan fingerprint density at radius 1 is 0.258 bits per heavy atom. The molecular weight excluding hydrogens is 1560 g/mol. The van der Waals surface area contributed by atoms with Crippen LogP contribution in [0.5, 0.6) is 0 Å². The quantitative estimate of drug-likeness (QED) is 0.142. The van der Waals surface area contributed by atoms with E-state index in [-0.39, 0.29) is 27.5 Å². The molecule has 9 heteroatoms. The van der Waals surface area contributed by atoms with E-state index >= 15 is 0 Å². The summed E-state index contributed by atoms with van der Waals surface area (Å²) in [6.07, 6.45) is 18.7. The lowest BCUT2D eigenvalue weighted by atomic mass is 9.75. The molecular formula is C119H117FN8+4. The molecule has 8 aromatic heterocycles. The Labute approximate surface area is 756 Å². The Balaban J connectivity index is 0.000000111. The van der Waals surface area contributed by atoms with Crippen molar-refractivity contribution in [3.05, 3.63) is 380 Å². The lowest BCUT2D eigenvalue weighted by molar-refractivity contribution is -0.660. The topological polar surface area (TPSA) is 67.1 Å². The summed E-state index contributed by atoms with van der Waals surface area (Å²) in [6, 6.07) is 86.8. The van der Waals surface area contributed by atoms with Crippen LogP contribution in [0.1, 0.15) is 186 Å². The molecule has 0 bridgehead atoms. The van der Waals surface area contributed by atoms with Gasteiger partial charge in [0.15, 0.2) is 24.8 Å². The molecule has 22 rings (SSSR count). The van der Waals surface area contributed by atoms with Gasteiger partial charge in [0.25, 0.3) is 0 Å². The number of aryl methyl sites for hydroxylation is 15. The van der Waals surface area contributed by atoms with Gasteiger partial charge in [-0.25, -0.2) is 22.7 Å². The molecule has 8 heterocycles. The summed E-state index contributed by atoms with van der Waals surface area (Å²) in [6.45, 7) is 33.1. The molecule has 128 heavy (non-hydrogen) atoms. The van der Waals surface area contributed by atoms with Crippen LogP contribution in [-0.2, 0) is 49.9 Å². The van der Waals surface area contributed by atoms with Crippen molar-refractivity contribution in [2.75, 3.05) is 0 Å². The van der Waals surface area contributed by atoms with Gasteiger partial charge in [0.05, 0.1) is 45.0 Å². The summed E-state index contributed by atoms with van der Waals surface area (Å²) in [5.41, 5.74) is 54.6. The predicted molar refractivity (Wildman–Crippen MR) is 522 cm³/mol. The van der Waals surface area contributed by atoms with Crippen LogP contribution in [0.2, 0.25) is 0 Å². The fraction of sp³-hybridized carbons (Fsp3) is 0.261. The van der Waals surface area contributed by atoms with Crippen LogP contribution in [0, 0.1) is 82.0 Å². The fourth-order valence-corrected chi connectivity index (χ4v) is 22.7. The van der Waals surface area contributed by atoms with Crippen molar-refractivity contribution >= 4 is 0 Å². The van der Waals surface area contributed by atoms with Crippen molar-refractivity contribution in [1.82, 2.24) is 19.9 Å². The average molecular weight is 1680 g/mol. The first-order valence-corrected chi connectivity index (χ1v) is 46.0. The normalized spacial score (nSPS) is 14.7. The second-order valence-corrected chi connectivity index (χ2v) is 38.6. The van der Waals surface area contributed by atoms with E-state index in [0.29, 0.717) is 0 Å². The number of hydrogen-bond donors (Lipinski definition) is 0. The molecule has 0 aliphatic heterocycles. The number of rotatable bonds is 8. The minimum Gasteiger partial charge on any atom is -0.257 e. The Hall–Kier alpha value is -13.1. The van der Waals surface area contributed by atoms with Gasteiger partial charge in [0.2, 0.25) is 22.8 Å². The van der Waals surface area contributed by atoms with Crippen LogP contribution >= 0.6 is 0 Å². The summed E-state index contributed by atoms with van der Waals surface area (Å²) < 4.78 is 22.5. The van der Waals surface area contributed by atoms with E-state index in [1.54, 1.807) is 0 Å². The number of fused-ring (bicyclic) bond motifs is 16. The van der Waals surface area contributed by atoms with E-state index in [1.165, 1.54) is 265 Å². The molecule has 2 saturated carbocycles. The maximum Gasteiger partial charge on any atom is 0.213 e. The minimum atomic E-state index is -0.214. The molecule has 0 N–H and O–H groups in total. The largest absolute Gasteiger partial charge is 0.257 e. The van der Waals surface area contributed by atoms with Crippen LogP contribution in [0.15, 0.2) is 267 Å². The third-order valence-corrected chi connectivity index (χ3v) is 29.2. The van der Waals surface area contributed by atoms with Crippen LogP contribution in [0.3, 0.4) is 0 Å². The number of aromatic nitrogens is 8. The number of pyridine rings is 8. The average Bonchev–Trinajstić information content (AvgIpc) is 1.54. The van der Waals surface area contributed by atoms with Gasteiger partial charge in [-0.15, -0.1) is 0 Å². The molecule has 6 aliphatic rings. The zero-order valence-corrected chi connectivity index (χ0v) is 78.0. The van der Waals surface area contributed by atoms with Gasteiger partial charge in [-0.1, -0.05) is 229 Å². The van der Waals surface area contributed by atoms with Crippen molar-refractivity contribution in [3.8, 4) is 134 Å². The van der Waals surface area contributed by atoms with Gasteiger partial charge in [-0.2, -0.15) is 0 Å². The molecule has 0 radical (unpaired) electrons.